The van der Waals surface area contributed by atoms with E-state index in [1.165, 1.54) is 13.5 Å². The fourth-order valence-electron chi connectivity index (χ4n) is 2.74. The Morgan fingerprint density at radius 3 is 2.62 bits per heavy atom. The number of methoxy groups -OCH3 is 1. The van der Waals surface area contributed by atoms with E-state index in [1.54, 1.807) is 30.1 Å². The predicted molar refractivity (Wildman–Crippen MR) is 94.6 cm³/mol. The molecule has 1 saturated heterocycles. The molecule has 24 heavy (non-hydrogen) atoms. The maximum absolute atomic E-state index is 12.2. The van der Waals surface area contributed by atoms with Gasteiger partial charge in [-0.1, -0.05) is 11.6 Å². The second kappa shape index (κ2) is 8.89. The normalized spacial score (nSPS) is 14.6. The summed E-state index contributed by atoms with van der Waals surface area (Å²) in [6, 6.07) is 5.03. The van der Waals surface area contributed by atoms with Gasteiger partial charge in [0, 0.05) is 18.1 Å². The minimum Gasteiger partial charge on any atom is -0.495 e. The van der Waals surface area contributed by atoms with Gasteiger partial charge in [-0.3, -0.25) is 14.5 Å². The van der Waals surface area contributed by atoms with E-state index in [0.29, 0.717) is 16.5 Å². The molecule has 0 aliphatic carbocycles. The third-order valence-electron chi connectivity index (χ3n) is 3.96. The molecule has 132 valence electrons. The predicted octanol–water partition coefficient (Wildman–Crippen LogP) is 2.23. The number of carbonyl (C=O) groups excluding carboxylic acids is 2. The molecule has 7 heteroatoms. The summed E-state index contributed by atoms with van der Waals surface area (Å²) < 4.78 is 5.20. The van der Waals surface area contributed by atoms with Crippen LogP contribution in [0.2, 0.25) is 5.02 Å². The zero-order valence-electron chi connectivity index (χ0n) is 14.2. The number of amides is 2. The molecule has 2 amide bonds. The lowest BCUT2D eigenvalue weighted by Crippen LogP contribution is -2.43. The summed E-state index contributed by atoms with van der Waals surface area (Å²) in [6.07, 6.45) is 3.30. The smallest absolute Gasteiger partial charge is 0.238 e. The number of hydrogen-bond acceptors (Lipinski definition) is 4. The lowest BCUT2D eigenvalue weighted by atomic mass is 10.1. The van der Waals surface area contributed by atoms with Crippen LogP contribution in [0, 0.1) is 0 Å². The van der Waals surface area contributed by atoms with Gasteiger partial charge < -0.3 is 15.0 Å². The lowest BCUT2D eigenvalue weighted by molar-refractivity contribution is -0.133. The molecule has 0 radical (unpaired) electrons. The van der Waals surface area contributed by atoms with Crippen LogP contribution in [0.25, 0.3) is 0 Å². The second-order valence-electron chi connectivity index (χ2n) is 6.01. The van der Waals surface area contributed by atoms with Gasteiger partial charge in [0.05, 0.1) is 25.9 Å². The third-order valence-corrected chi connectivity index (χ3v) is 4.20. The molecule has 1 aliphatic heterocycles. The fourth-order valence-corrected chi connectivity index (χ4v) is 2.91. The van der Waals surface area contributed by atoms with Gasteiger partial charge in [-0.15, -0.1) is 0 Å². The van der Waals surface area contributed by atoms with Gasteiger partial charge in [0.25, 0.3) is 0 Å². The van der Waals surface area contributed by atoms with Crippen molar-refractivity contribution in [2.75, 3.05) is 45.7 Å². The van der Waals surface area contributed by atoms with E-state index < -0.39 is 0 Å². The van der Waals surface area contributed by atoms with Gasteiger partial charge in [-0.25, -0.2) is 0 Å². The Bertz CT molecular complexity index is 588. The van der Waals surface area contributed by atoms with Crippen LogP contribution in [0.4, 0.5) is 5.69 Å². The molecule has 1 aliphatic rings. The molecule has 1 N–H and O–H groups in total. The zero-order chi connectivity index (χ0) is 17.5. The van der Waals surface area contributed by atoms with E-state index in [0.717, 1.165) is 25.9 Å². The quantitative estimate of drug-likeness (QED) is 0.852. The number of nitrogens with zero attached hydrogens (tertiary/aromatic N) is 2. The highest BCUT2D eigenvalue weighted by molar-refractivity contribution is 6.31. The van der Waals surface area contributed by atoms with E-state index in [4.69, 9.17) is 16.3 Å². The Kier molecular flexibility index (Phi) is 6.87. The van der Waals surface area contributed by atoms with E-state index in [2.05, 4.69) is 5.32 Å². The van der Waals surface area contributed by atoms with Crippen molar-refractivity contribution in [1.82, 2.24) is 9.80 Å². The monoisotopic (exact) mass is 353 g/mol. The first kappa shape index (κ1) is 18.5. The molecule has 0 aromatic heterocycles. The van der Waals surface area contributed by atoms with Crippen LogP contribution in [0.15, 0.2) is 18.2 Å². The van der Waals surface area contributed by atoms with Gasteiger partial charge >= 0.3 is 0 Å². The first-order valence-corrected chi connectivity index (χ1v) is 8.47. The summed E-state index contributed by atoms with van der Waals surface area (Å²) in [7, 11) is 3.29. The summed E-state index contributed by atoms with van der Waals surface area (Å²) in [4.78, 5) is 28.0. The van der Waals surface area contributed by atoms with Gasteiger partial charge in [-0.05, 0) is 44.5 Å². The number of likely N-dealkylation sites (N-methyl/N-ethyl adjacent to an activating group) is 1. The largest absolute Gasteiger partial charge is 0.495 e. The number of ether oxygens (including phenoxy) is 1. The van der Waals surface area contributed by atoms with Gasteiger partial charge in [0.1, 0.15) is 5.75 Å². The number of benzene rings is 1. The number of piperidine rings is 1. The second-order valence-corrected chi connectivity index (χ2v) is 6.44. The minimum absolute atomic E-state index is 0.0744. The molecule has 0 unspecified atom stereocenters. The van der Waals surface area contributed by atoms with Crippen LogP contribution in [0.1, 0.15) is 19.3 Å². The highest BCUT2D eigenvalue weighted by Crippen LogP contribution is 2.27. The van der Waals surface area contributed by atoms with Crippen LogP contribution in [0.5, 0.6) is 5.75 Å². The van der Waals surface area contributed by atoms with Crippen LogP contribution in [-0.4, -0.2) is 62.0 Å². The van der Waals surface area contributed by atoms with Crippen molar-refractivity contribution >= 4 is 29.1 Å². The summed E-state index contributed by atoms with van der Waals surface area (Å²) in [5.41, 5.74) is 0.519. The number of anilines is 1. The molecular formula is C17H24ClN3O3. The number of likely N-dealkylation sites (tertiary alicyclic amines) is 1. The number of rotatable bonds is 6. The summed E-state index contributed by atoms with van der Waals surface area (Å²) in [5, 5.41) is 3.28. The Morgan fingerprint density at radius 2 is 1.96 bits per heavy atom. The molecule has 2 rings (SSSR count). The van der Waals surface area contributed by atoms with Crippen molar-refractivity contribution in [2.45, 2.75) is 19.3 Å². The summed E-state index contributed by atoms with van der Waals surface area (Å²) >= 11 is 5.95. The maximum atomic E-state index is 12.2. The van der Waals surface area contributed by atoms with Crippen LogP contribution in [0.3, 0.4) is 0 Å². The molecule has 0 atom stereocenters. The molecule has 1 aromatic carbocycles. The number of carbonyl (C=O) groups is 2. The van der Waals surface area contributed by atoms with Gasteiger partial charge in [0.15, 0.2) is 0 Å². The highest BCUT2D eigenvalue weighted by Gasteiger charge is 2.19. The van der Waals surface area contributed by atoms with E-state index in [9.17, 15) is 9.59 Å². The Morgan fingerprint density at radius 1 is 1.25 bits per heavy atom. The number of nitrogens with one attached hydrogen (secondary N) is 1. The highest BCUT2D eigenvalue weighted by atomic mass is 35.5. The molecule has 1 heterocycles. The van der Waals surface area contributed by atoms with Gasteiger partial charge in [0.2, 0.25) is 11.8 Å². The maximum Gasteiger partial charge on any atom is 0.238 e. The molecule has 0 spiro atoms. The number of halogens is 1. The number of hydrogen-bond donors (Lipinski definition) is 1. The third kappa shape index (κ3) is 5.39. The molecule has 6 nitrogen and oxygen atoms in total. The molecule has 0 saturated carbocycles. The SMILES string of the molecule is COc1ccc(Cl)cc1NC(=O)CN(C)CC(=O)N1CCCCC1. The van der Waals surface area contributed by atoms with Crippen molar-refractivity contribution in [1.29, 1.82) is 0 Å². The zero-order valence-corrected chi connectivity index (χ0v) is 14.9. The van der Waals surface area contributed by atoms with Crippen molar-refractivity contribution < 1.29 is 14.3 Å². The topological polar surface area (TPSA) is 61.9 Å². The first-order valence-electron chi connectivity index (χ1n) is 8.09. The summed E-state index contributed by atoms with van der Waals surface area (Å²) in [6.45, 7) is 1.99. The standard InChI is InChI=1S/C17H24ClN3O3/c1-20(12-17(23)21-8-4-3-5-9-21)11-16(22)19-14-10-13(18)6-7-15(14)24-2/h6-7,10H,3-5,8-9,11-12H2,1-2H3,(H,19,22). The average molecular weight is 354 g/mol. The van der Waals surface area contributed by atoms with Gasteiger partial charge in [-0.2, -0.15) is 0 Å². The molecule has 1 aromatic rings. The lowest BCUT2D eigenvalue weighted by Gasteiger charge is -2.28. The first-order chi connectivity index (χ1) is 11.5. The minimum atomic E-state index is -0.218. The van der Waals surface area contributed by atoms with E-state index in [1.807, 2.05) is 4.90 Å². The van der Waals surface area contributed by atoms with Crippen molar-refractivity contribution in [3.05, 3.63) is 23.2 Å². The molecule has 0 bridgehead atoms. The van der Waals surface area contributed by atoms with Crippen molar-refractivity contribution in [3.63, 3.8) is 0 Å². The Hall–Kier alpha value is -1.79. The average Bonchev–Trinajstić information content (AvgIpc) is 2.55. The van der Waals surface area contributed by atoms with E-state index >= 15 is 0 Å². The van der Waals surface area contributed by atoms with Crippen LogP contribution >= 0.6 is 11.6 Å². The van der Waals surface area contributed by atoms with Crippen LogP contribution in [-0.2, 0) is 9.59 Å². The van der Waals surface area contributed by atoms with E-state index in [-0.39, 0.29) is 24.9 Å². The van der Waals surface area contributed by atoms with Crippen LogP contribution < -0.4 is 10.1 Å². The Balaban J connectivity index is 1.85. The fraction of sp³-hybridized carbons (Fsp3) is 0.529. The molecular weight excluding hydrogens is 330 g/mol. The van der Waals surface area contributed by atoms with Crippen molar-refractivity contribution in [3.8, 4) is 5.75 Å². The van der Waals surface area contributed by atoms with Crippen molar-refractivity contribution in [2.24, 2.45) is 0 Å². The Labute approximate surface area is 147 Å². The summed E-state index contributed by atoms with van der Waals surface area (Å²) in [5.74, 6) is 0.398. The molecule has 1 fully saturated rings.